The Morgan fingerprint density at radius 3 is 2.70 bits per heavy atom. The van der Waals surface area contributed by atoms with Gasteiger partial charge in [-0.3, -0.25) is 0 Å². The molecule has 0 amide bonds. The average molecular weight is 277 g/mol. The topological polar surface area (TPSA) is 108 Å². The van der Waals surface area contributed by atoms with Crippen molar-refractivity contribution in [3.05, 3.63) is 34.9 Å². The van der Waals surface area contributed by atoms with E-state index in [0.717, 1.165) is 0 Å². The number of hydrogen-bond donors (Lipinski definition) is 2. The van der Waals surface area contributed by atoms with E-state index in [0.29, 0.717) is 5.56 Å². The maximum absolute atomic E-state index is 11.8. The standard InChI is InChI=1S/C14H15NO5/c1-2-20-14(19)11-6-3-5-10(12(16)13(17)18)9(11)7-4-8-15/h3,5-6,12,16H,2,4,7H2,1H3,(H,17,18). The van der Waals surface area contributed by atoms with Crippen molar-refractivity contribution in [1.29, 1.82) is 5.26 Å². The van der Waals surface area contributed by atoms with E-state index in [1.807, 2.05) is 6.07 Å². The number of hydrogen-bond acceptors (Lipinski definition) is 5. The SMILES string of the molecule is CCOC(=O)c1cccc(C(O)C(=O)O)c1CCC#N. The van der Waals surface area contributed by atoms with Crippen LogP contribution in [0.1, 0.15) is 40.9 Å². The van der Waals surface area contributed by atoms with Crippen LogP contribution in [-0.4, -0.2) is 28.8 Å². The second kappa shape index (κ2) is 7.26. The van der Waals surface area contributed by atoms with Crippen LogP contribution in [0.5, 0.6) is 0 Å². The Morgan fingerprint density at radius 1 is 1.45 bits per heavy atom. The minimum absolute atomic E-state index is 0.107. The van der Waals surface area contributed by atoms with Gasteiger partial charge in [0.15, 0.2) is 6.10 Å². The van der Waals surface area contributed by atoms with Gasteiger partial charge in [0.1, 0.15) is 0 Å². The van der Waals surface area contributed by atoms with Crippen molar-refractivity contribution < 1.29 is 24.5 Å². The molecule has 106 valence electrons. The number of aliphatic carboxylic acids is 1. The Bertz CT molecular complexity index is 547. The van der Waals surface area contributed by atoms with Crippen molar-refractivity contribution >= 4 is 11.9 Å². The molecule has 2 N–H and O–H groups in total. The number of nitriles is 1. The van der Waals surface area contributed by atoms with Gasteiger partial charge in [0.05, 0.1) is 18.2 Å². The second-order valence-electron chi connectivity index (χ2n) is 3.99. The summed E-state index contributed by atoms with van der Waals surface area (Å²) in [7, 11) is 0. The van der Waals surface area contributed by atoms with Gasteiger partial charge < -0.3 is 14.9 Å². The van der Waals surface area contributed by atoms with Gasteiger partial charge in [-0.15, -0.1) is 0 Å². The normalized spacial score (nSPS) is 11.4. The number of carboxylic acids is 1. The zero-order valence-corrected chi connectivity index (χ0v) is 11.0. The summed E-state index contributed by atoms with van der Waals surface area (Å²) in [6.45, 7) is 1.84. The van der Waals surface area contributed by atoms with Gasteiger partial charge in [0.2, 0.25) is 0 Å². The predicted octanol–water partition coefficient (Wildman–Crippen LogP) is 1.44. The fourth-order valence-corrected chi connectivity index (χ4v) is 1.85. The Morgan fingerprint density at radius 2 is 2.15 bits per heavy atom. The molecule has 0 bridgehead atoms. The molecule has 0 heterocycles. The van der Waals surface area contributed by atoms with Gasteiger partial charge in [-0.1, -0.05) is 12.1 Å². The van der Waals surface area contributed by atoms with Gasteiger partial charge >= 0.3 is 11.9 Å². The highest BCUT2D eigenvalue weighted by Crippen LogP contribution is 2.24. The Hall–Kier alpha value is -2.39. The van der Waals surface area contributed by atoms with Gasteiger partial charge in [-0.25, -0.2) is 9.59 Å². The van der Waals surface area contributed by atoms with Crippen molar-refractivity contribution in [2.45, 2.75) is 25.9 Å². The Balaban J connectivity index is 3.30. The molecular weight excluding hydrogens is 262 g/mol. The van der Waals surface area contributed by atoms with Crippen LogP contribution in [0.2, 0.25) is 0 Å². The number of aliphatic hydroxyl groups is 1. The van der Waals surface area contributed by atoms with Crippen LogP contribution in [0.25, 0.3) is 0 Å². The molecule has 1 unspecified atom stereocenters. The molecule has 1 aromatic rings. The van der Waals surface area contributed by atoms with Crippen LogP contribution < -0.4 is 0 Å². The van der Waals surface area contributed by atoms with Crippen LogP contribution in [0.15, 0.2) is 18.2 Å². The van der Waals surface area contributed by atoms with Crippen LogP contribution >= 0.6 is 0 Å². The molecule has 0 aliphatic heterocycles. The quantitative estimate of drug-likeness (QED) is 0.762. The highest BCUT2D eigenvalue weighted by molar-refractivity contribution is 5.92. The number of rotatable bonds is 6. The molecular formula is C14H15NO5. The monoisotopic (exact) mass is 277 g/mol. The van der Waals surface area contributed by atoms with Crippen molar-refractivity contribution in [2.75, 3.05) is 6.61 Å². The van der Waals surface area contributed by atoms with E-state index >= 15 is 0 Å². The highest BCUT2D eigenvalue weighted by atomic mass is 16.5. The number of carbonyl (C=O) groups is 2. The number of ether oxygens (including phenoxy) is 1. The summed E-state index contributed by atoms with van der Waals surface area (Å²) in [5.41, 5.74) is 0.626. The highest BCUT2D eigenvalue weighted by Gasteiger charge is 2.23. The van der Waals surface area contributed by atoms with Crippen molar-refractivity contribution in [3.8, 4) is 6.07 Å². The van der Waals surface area contributed by atoms with E-state index in [-0.39, 0.29) is 30.6 Å². The van der Waals surface area contributed by atoms with Crippen LogP contribution in [-0.2, 0) is 16.0 Å². The maximum Gasteiger partial charge on any atom is 0.338 e. The lowest BCUT2D eigenvalue weighted by Crippen LogP contribution is -2.16. The molecule has 0 aliphatic carbocycles. The molecule has 1 rings (SSSR count). The first kappa shape index (κ1) is 15.7. The van der Waals surface area contributed by atoms with Gasteiger partial charge in [-0.2, -0.15) is 5.26 Å². The second-order valence-corrected chi connectivity index (χ2v) is 3.99. The molecule has 0 radical (unpaired) electrons. The summed E-state index contributed by atoms with van der Waals surface area (Å²) < 4.78 is 4.89. The first-order valence-corrected chi connectivity index (χ1v) is 6.09. The lowest BCUT2D eigenvalue weighted by atomic mass is 9.94. The molecule has 0 aliphatic rings. The third-order valence-corrected chi connectivity index (χ3v) is 2.72. The molecule has 1 atom stereocenters. The molecule has 0 aromatic heterocycles. The lowest BCUT2D eigenvalue weighted by Gasteiger charge is -2.15. The van der Waals surface area contributed by atoms with E-state index in [1.54, 1.807) is 6.92 Å². The summed E-state index contributed by atoms with van der Waals surface area (Å²) in [6.07, 6.45) is -1.46. The zero-order valence-electron chi connectivity index (χ0n) is 11.0. The third kappa shape index (κ3) is 3.56. The fourth-order valence-electron chi connectivity index (χ4n) is 1.85. The summed E-state index contributed by atoms with van der Waals surface area (Å²) in [6, 6.07) is 6.32. The first-order chi connectivity index (χ1) is 9.52. The summed E-state index contributed by atoms with van der Waals surface area (Å²) >= 11 is 0. The minimum atomic E-state index is -1.74. The molecule has 6 nitrogen and oxygen atoms in total. The number of esters is 1. The third-order valence-electron chi connectivity index (χ3n) is 2.72. The number of carboxylic acid groups (broad SMARTS) is 1. The molecule has 1 aromatic carbocycles. The molecule has 0 fully saturated rings. The van der Waals surface area contributed by atoms with Gasteiger partial charge in [-0.05, 0) is 30.5 Å². The van der Waals surface area contributed by atoms with Crippen LogP contribution in [0.3, 0.4) is 0 Å². The summed E-state index contributed by atoms with van der Waals surface area (Å²) in [5.74, 6) is -2.01. The number of benzene rings is 1. The van der Waals surface area contributed by atoms with Gasteiger partial charge in [0, 0.05) is 6.42 Å². The Labute approximate surface area is 116 Å². The van der Waals surface area contributed by atoms with Gasteiger partial charge in [0.25, 0.3) is 0 Å². The van der Waals surface area contributed by atoms with E-state index in [4.69, 9.17) is 15.1 Å². The van der Waals surface area contributed by atoms with E-state index < -0.39 is 18.0 Å². The number of aliphatic hydroxyl groups excluding tert-OH is 1. The molecule has 20 heavy (non-hydrogen) atoms. The largest absolute Gasteiger partial charge is 0.479 e. The molecule has 6 heteroatoms. The number of nitrogens with zero attached hydrogens (tertiary/aromatic N) is 1. The van der Waals surface area contributed by atoms with Crippen LogP contribution in [0.4, 0.5) is 0 Å². The van der Waals surface area contributed by atoms with E-state index in [2.05, 4.69) is 0 Å². The lowest BCUT2D eigenvalue weighted by molar-refractivity contribution is -0.147. The maximum atomic E-state index is 11.8. The average Bonchev–Trinajstić information content (AvgIpc) is 2.44. The zero-order chi connectivity index (χ0) is 15.1. The van der Waals surface area contributed by atoms with E-state index in [1.165, 1.54) is 18.2 Å². The van der Waals surface area contributed by atoms with Crippen LogP contribution in [0, 0.1) is 11.3 Å². The Kier molecular flexibility index (Phi) is 5.69. The number of carbonyl (C=O) groups excluding carboxylic acids is 1. The van der Waals surface area contributed by atoms with Crippen molar-refractivity contribution in [2.24, 2.45) is 0 Å². The fraction of sp³-hybridized carbons (Fsp3) is 0.357. The van der Waals surface area contributed by atoms with Crippen molar-refractivity contribution in [3.63, 3.8) is 0 Å². The minimum Gasteiger partial charge on any atom is -0.479 e. The molecule has 0 saturated carbocycles. The summed E-state index contributed by atoms with van der Waals surface area (Å²) in [4.78, 5) is 22.7. The predicted molar refractivity (Wildman–Crippen MR) is 68.9 cm³/mol. The smallest absolute Gasteiger partial charge is 0.338 e. The molecule has 0 spiro atoms. The van der Waals surface area contributed by atoms with Crippen molar-refractivity contribution in [1.82, 2.24) is 0 Å². The summed E-state index contributed by atoms with van der Waals surface area (Å²) in [5, 5.41) is 27.2. The first-order valence-electron chi connectivity index (χ1n) is 6.09. The van der Waals surface area contributed by atoms with E-state index in [9.17, 15) is 14.7 Å². The molecule has 0 saturated heterocycles.